The van der Waals surface area contributed by atoms with E-state index >= 15 is 0 Å². The first-order valence-corrected chi connectivity index (χ1v) is 5.55. The van der Waals surface area contributed by atoms with Gasteiger partial charge in [-0.25, -0.2) is 0 Å². The maximum absolute atomic E-state index is 11.2. The van der Waals surface area contributed by atoms with Crippen LogP contribution in [0.3, 0.4) is 0 Å². The highest BCUT2D eigenvalue weighted by Crippen LogP contribution is 2.54. The summed E-state index contributed by atoms with van der Waals surface area (Å²) in [5.41, 5.74) is -0.492. The van der Waals surface area contributed by atoms with E-state index in [1.807, 2.05) is 0 Å². The third kappa shape index (κ3) is 1.73. The Hall–Kier alpha value is -1.06. The number of piperidine rings is 1. The second kappa shape index (κ2) is 3.51. The van der Waals surface area contributed by atoms with E-state index < -0.39 is 11.4 Å². The molecule has 1 aliphatic carbocycles. The molecule has 4 nitrogen and oxygen atoms in total. The Morgan fingerprint density at radius 2 is 2.07 bits per heavy atom. The monoisotopic (exact) mass is 211 g/mol. The second-order valence-electron chi connectivity index (χ2n) is 4.77. The topological polar surface area (TPSA) is 57.6 Å². The van der Waals surface area contributed by atoms with E-state index in [9.17, 15) is 14.7 Å². The van der Waals surface area contributed by atoms with Gasteiger partial charge < -0.3 is 10.0 Å². The molecule has 4 heteroatoms. The highest BCUT2D eigenvalue weighted by molar-refractivity contribution is 5.78. The minimum atomic E-state index is -0.669. The van der Waals surface area contributed by atoms with Gasteiger partial charge in [-0.05, 0) is 31.6 Å². The highest BCUT2D eigenvalue weighted by atomic mass is 16.4. The van der Waals surface area contributed by atoms with E-state index in [1.165, 1.54) is 0 Å². The van der Waals surface area contributed by atoms with Crippen molar-refractivity contribution in [3.05, 3.63) is 0 Å². The predicted octanol–water partition coefficient (Wildman–Crippen LogP) is 1.11. The SMILES string of the molecule is CC(=O)N1CCCC(C2(C(=O)O)CC2)C1. The molecule has 1 saturated heterocycles. The number of carbonyl (C=O) groups excluding carboxylic acids is 1. The van der Waals surface area contributed by atoms with Gasteiger partial charge in [0, 0.05) is 20.0 Å². The molecule has 0 aromatic carbocycles. The van der Waals surface area contributed by atoms with Crippen LogP contribution in [0.25, 0.3) is 0 Å². The largest absolute Gasteiger partial charge is 0.481 e. The summed E-state index contributed by atoms with van der Waals surface area (Å²) in [6.07, 6.45) is 3.48. The lowest BCUT2D eigenvalue weighted by atomic mass is 9.82. The van der Waals surface area contributed by atoms with Gasteiger partial charge in [-0.3, -0.25) is 9.59 Å². The fourth-order valence-corrected chi connectivity index (χ4v) is 2.65. The van der Waals surface area contributed by atoms with Crippen molar-refractivity contribution in [1.82, 2.24) is 4.90 Å². The van der Waals surface area contributed by atoms with Crippen LogP contribution in [0, 0.1) is 11.3 Å². The van der Waals surface area contributed by atoms with Crippen molar-refractivity contribution in [2.24, 2.45) is 11.3 Å². The van der Waals surface area contributed by atoms with Gasteiger partial charge in [0.1, 0.15) is 0 Å². The van der Waals surface area contributed by atoms with Crippen LogP contribution in [0.4, 0.5) is 0 Å². The molecule has 1 amide bonds. The van der Waals surface area contributed by atoms with E-state index in [0.717, 1.165) is 32.2 Å². The van der Waals surface area contributed by atoms with E-state index in [4.69, 9.17) is 0 Å². The Morgan fingerprint density at radius 1 is 1.40 bits per heavy atom. The van der Waals surface area contributed by atoms with E-state index in [2.05, 4.69) is 0 Å². The molecule has 1 unspecified atom stereocenters. The lowest BCUT2D eigenvalue weighted by Gasteiger charge is -2.35. The van der Waals surface area contributed by atoms with E-state index in [0.29, 0.717) is 6.54 Å². The summed E-state index contributed by atoms with van der Waals surface area (Å²) in [4.78, 5) is 24.2. The number of nitrogens with zero attached hydrogens (tertiary/aromatic N) is 1. The lowest BCUT2D eigenvalue weighted by molar-refractivity contribution is -0.148. The predicted molar refractivity (Wildman–Crippen MR) is 54.3 cm³/mol. The van der Waals surface area contributed by atoms with Gasteiger partial charge in [0.05, 0.1) is 5.41 Å². The van der Waals surface area contributed by atoms with Gasteiger partial charge in [0.25, 0.3) is 0 Å². The smallest absolute Gasteiger partial charge is 0.309 e. The van der Waals surface area contributed by atoms with Crippen LogP contribution in [-0.2, 0) is 9.59 Å². The first kappa shape index (κ1) is 10.5. The Labute approximate surface area is 89.3 Å². The molecule has 0 spiro atoms. The Morgan fingerprint density at radius 3 is 2.53 bits per heavy atom. The number of hydrogen-bond donors (Lipinski definition) is 1. The molecular weight excluding hydrogens is 194 g/mol. The maximum atomic E-state index is 11.2. The van der Waals surface area contributed by atoms with Gasteiger partial charge in [0.2, 0.25) is 5.91 Å². The first-order valence-electron chi connectivity index (χ1n) is 5.55. The number of carboxylic acids is 1. The van der Waals surface area contributed by atoms with Crippen molar-refractivity contribution >= 4 is 11.9 Å². The number of hydrogen-bond acceptors (Lipinski definition) is 2. The summed E-state index contributed by atoms with van der Waals surface area (Å²) in [7, 11) is 0. The van der Waals surface area contributed by atoms with E-state index in [-0.39, 0.29) is 11.8 Å². The highest BCUT2D eigenvalue weighted by Gasteiger charge is 2.56. The molecule has 0 aromatic rings. The zero-order valence-electron chi connectivity index (χ0n) is 9.03. The van der Waals surface area contributed by atoms with E-state index in [1.54, 1.807) is 11.8 Å². The fraction of sp³-hybridized carbons (Fsp3) is 0.818. The van der Waals surface area contributed by atoms with Crippen molar-refractivity contribution in [2.75, 3.05) is 13.1 Å². The molecule has 84 valence electrons. The third-order valence-corrected chi connectivity index (χ3v) is 3.86. The van der Waals surface area contributed by atoms with Crippen molar-refractivity contribution < 1.29 is 14.7 Å². The first-order chi connectivity index (χ1) is 7.06. The molecule has 2 rings (SSSR count). The molecule has 1 saturated carbocycles. The number of carbonyl (C=O) groups is 2. The summed E-state index contributed by atoms with van der Waals surface area (Å²) in [5, 5.41) is 9.18. The molecule has 0 radical (unpaired) electrons. The van der Waals surface area contributed by atoms with Gasteiger partial charge >= 0.3 is 5.97 Å². The summed E-state index contributed by atoms with van der Waals surface area (Å²) >= 11 is 0. The van der Waals surface area contributed by atoms with Gasteiger partial charge in [0.15, 0.2) is 0 Å². The van der Waals surface area contributed by atoms with Crippen molar-refractivity contribution in [1.29, 1.82) is 0 Å². The van der Waals surface area contributed by atoms with Crippen molar-refractivity contribution in [3.8, 4) is 0 Å². The number of likely N-dealkylation sites (tertiary alicyclic amines) is 1. The summed E-state index contributed by atoms with van der Waals surface area (Å²) in [5.74, 6) is -0.425. The molecule has 1 atom stereocenters. The average Bonchev–Trinajstić information content (AvgIpc) is 2.98. The van der Waals surface area contributed by atoms with Crippen LogP contribution in [0.1, 0.15) is 32.6 Å². The zero-order chi connectivity index (χ0) is 11.1. The lowest BCUT2D eigenvalue weighted by Crippen LogP contribution is -2.43. The fourth-order valence-electron chi connectivity index (χ4n) is 2.65. The molecule has 1 heterocycles. The van der Waals surface area contributed by atoms with Gasteiger partial charge in [-0.15, -0.1) is 0 Å². The van der Waals surface area contributed by atoms with Crippen molar-refractivity contribution in [2.45, 2.75) is 32.6 Å². The minimum Gasteiger partial charge on any atom is -0.481 e. The summed E-state index contributed by atoms with van der Waals surface area (Å²) in [6.45, 7) is 2.99. The standard InChI is InChI=1S/C11H17NO3/c1-8(13)12-6-2-3-9(7-12)11(4-5-11)10(14)15/h9H,2-7H2,1H3,(H,14,15). The average molecular weight is 211 g/mol. The number of amides is 1. The molecule has 2 aliphatic rings. The maximum Gasteiger partial charge on any atom is 0.309 e. The quantitative estimate of drug-likeness (QED) is 0.744. The molecule has 2 fully saturated rings. The van der Waals surface area contributed by atoms with Crippen LogP contribution in [-0.4, -0.2) is 35.0 Å². The number of rotatable bonds is 2. The zero-order valence-corrected chi connectivity index (χ0v) is 9.03. The number of aliphatic carboxylic acids is 1. The van der Waals surface area contributed by atoms with Gasteiger partial charge in [-0.1, -0.05) is 0 Å². The van der Waals surface area contributed by atoms with Gasteiger partial charge in [-0.2, -0.15) is 0 Å². The summed E-state index contributed by atoms with van der Waals surface area (Å²) < 4.78 is 0. The molecule has 1 aliphatic heterocycles. The molecular formula is C11H17NO3. The van der Waals surface area contributed by atoms with Crippen molar-refractivity contribution in [3.63, 3.8) is 0 Å². The van der Waals surface area contributed by atoms with Crippen LogP contribution in [0.2, 0.25) is 0 Å². The molecule has 15 heavy (non-hydrogen) atoms. The second-order valence-corrected chi connectivity index (χ2v) is 4.77. The Balaban J connectivity index is 2.05. The number of carboxylic acid groups (broad SMARTS) is 1. The molecule has 1 N–H and O–H groups in total. The van der Waals surface area contributed by atoms with Crippen LogP contribution in [0.15, 0.2) is 0 Å². The van der Waals surface area contributed by atoms with Crippen LogP contribution >= 0.6 is 0 Å². The van der Waals surface area contributed by atoms with Crippen LogP contribution < -0.4 is 0 Å². The third-order valence-electron chi connectivity index (χ3n) is 3.86. The van der Waals surface area contributed by atoms with Crippen LogP contribution in [0.5, 0.6) is 0 Å². The molecule has 0 bridgehead atoms. The Bertz CT molecular complexity index is 296. The normalized spacial score (nSPS) is 28.6. The Kier molecular flexibility index (Phi) is 2.44. The summed E-state index contributed by atoms with van der Waals surface area (Å²) in [6, 6.07) is 0. The molecule has 0 aromatic heterocycles. The minimum absolute atomic E-state index is 0.0703.